The van der Waals surface area contributed by atoms with Gasteiger partial charge in [-0.3, -0.25) is 0 Å². The highest BCUT2D eigenvalue weighted by molar-refractivity contribution is 7.90. The summed E-state index contributed by atoms with van der Waals surface area (Å²) >= 11 is 0. The van der Waals surface area contributed by atoms with Crippen LogP contribution in [0, 0.1) is 5.41 Å². The van der Waals surface area contributed by atoms with Gasteiger partial charge in [0.2, 0.25) is 10.0 Å². The molecule has 0 bridgehead atoms. The first kappa shape index (κ1) is 13.9. The Balaban J connectivity index is 2.62. The second-order valence-electron chi connectivity index (χ2n) is 5.56. The summed E-state index contributed by atoms with van der Waals surface area (Å²) < 4.78 is 31.6. The molecule has 0 radical (unpaired) electrons. The fourth-order valence-corrected chi connectivity index (χ4v) is 3.39. The molecule has 96 valence electrons. The Kier molecular flexibility index (Phi) is 4.37. The minimum Gasteiger partial charge on any atom is -0.385 e. The van der Waals surface area contributed by atoms with Gasteiger partial charge in [0.15, 0.2) is 0 Å². The summed E-state index contributed by atoms with van der Waals surface area (Å²) in [5, 5.41) is -0.153. The summed E-state index contributed by atoms with van der Waals surface area (Å²) in [6.07, 6.45) is 2.32. The number of hydrogen-bond acceptors (Lipinski definition) is 3. The third kappa shape index (κ3) is 4.03. The molecule has 0 aromatic heterocycles. The number of hydrogen-bond donors (Lipinski definition) is 1. The Bertz CT molecular complexity index is 315. The molecule has 0 amide bonds. The molecule has 5 heteroatoms. The Morgan fingerprint density at radius 2 is 1.94 bits per heavy atom. The van der Waals surface area contributed by atoms with E-state index in [-0.39, 0.29) is 16.7 Å². The van der Waals surface area contributed by atoms with E-state index in [1.165, 1.54) is 0 Å². The van der Waals surface area contributed by atoms with Crippen molar-refractivity contribution in [3.63, 3.8) is 0 Å². The van der Waals surface area contributed by atoms with E-state index in [1.54, 1.807) is 7.11 Å². The van der Waals surface area contributed by atoms with Crippen molar-refractivity contribution in [2.75, 3.05) is 13.7 Å². The highest BCUT2D eigenvalue weighted by atomic mass is 32.2. The second-order valence-corrected chi connectivity index (χ2v) is 7.55. The standard InChI is InChI=1S/C11H23NO3S/c1-11(2,3)10(7-8-15-4)12-16(13,14)9-5-6-9/h9-10,12H,5-8H2,1-4H3/t10-/m1/s1. The topological polar surface area (TPSA) is 55.4 Å². The SMILES string of the molecule is COCC[C@@H](NS(=O)(=O)C1CC1)C(C)(C)C. The molecule has 1 N–H and O–H groups in total. The minimum atomic E-state index is -3.11. The summed E-state index contributed by atoms with van der Waals surface area (Å²) in [5.74, 6) is 0. The predicted octanol–water partition coefficient (Wildman–Crippen LogP) is 1.52. The van der Waals surface area contributed by atoms with Crippen molar-refractivity contribution in [3.8, 4) is 0 Å². The molecular formula is C11H23NO3S. The normalized spacial score (nSPS) is 19.8. The van der Waals surface area contributed by atoms with Gasteiger partial charge < -0.3 is 4.74 Å². The van der Waals surface area contributed by atoms with Gasteiger partial charge in [-0.15, -0.1) is 0 Å². The lowest BCUT2D eigenvalue weighted by molar-refractivity contribution is 0.161. The number of methoxy groups -OCH3 is 1. The molecule has 0 spiro atoms. The molecule has 4 nitrogen and oxygen atoms in total. The molecule has 0 aromatic rings. The van der Waals surface area contributed by atoms with E-state index in [2.05, 4.69) is 4.72 Å². The zero-order chi connectivity index (χ0) is 12.4. The van der Waals surface area contributed by atoms with E-state index in [0.717, 1.165) is 12.8 Å². The Hall–Kier alpha value is -0.130. The zero-order valence-electron chi connectivity index (χ0n) is 10.6. The molecule has 1 fully saturated rings. The third-order valence-electron chi connectivity index (χ3n) is 2.93. The largest absolute Gasteiger partial charge is 0.385 e. The minimum absolute atomic E-state index is 0.0574. The van der Waals surface area contributed by atoms with E-state index >= 15 is 0 Å². The van der Waals surface area contributed by atoms with Crippen molar-refractivity contribution in [1.29, 1.82) is 0 Å². The fourth-order valence-electron chi connectivity index (χ4n) is 1.58. The Labute approximate surface area is 98.8 Å². The molecule has 0 saturated heterocycles. The average molecular weight is 249 g/mol. The molecule has 0 aromatic carbocycles. The first-order valence-corrected chi connectivity index (χ1v) is 7.32. The lowest BCUT2D eigenvalue weighted by Crippen LogP contribution is -2.45. The van der Waals surface area contributed by atoms with Crippen LogP contribution in [0.3, 0.4) is 0 Å². The monoisotopic (exact) mass is 249 g/mol. The number of sulfonamides is 1. The van der Waals surface area contributed by atoms with Crippen molar-refractivity contribution < 1.29 is 13.2 Å². The lowest BCUT2D eigenvalue weighted by Gasteiger charge is -2.31. The van der Waals surface area contributed by atoms with Crippen molar-refractivity contribution in [2.45, 2.75) is 51.3 Å². The molecule has 1 atom stereocenters. The van der Waals surface area contributed by atoms with Gasteiger partial charge in [-0.25, -0.2) is 13.1 Å². The van der Waals surface area contributed by atoms with Crippen LogP contribution in [-0.2, 0) is 14.8 Å². The quantitative estimate of drug-likeness (QED) is 0.776. The van der Waals surface area contributed by atoms with Crippen LogP contribution in [0.15, 0.2) is 0 Å². The van der Waals surface area contributed by atoms with E-state index in [0.29, 0.717) is 13.0 Å². The van der Waals surface area contributed by atoms with E-state index in [4.69, 9.17) is 4.74 Å². The van der Waals surface area contributed by atoms with Crippen molar-refractivity contribution in [3.05, 3.63) is 0 Å². The van der Waals surface area contributed by atoms with Gasteiger partial charge >= 0.3 is 0 Å². The van der Waals surface area contributed by atoms with Gasteiger partial charge in [0.1, 0.15) is 0 Å². The summed E-state index contributed by atoms with van der Waals surface area (Å²) in [4.78, 5) is 0. The number of nitrogens with one attached hydrogen (secondary N) is 1. The summed E-state index contributed by atoms with van der Waals surface area (Å²) in [6.45, 7) is 6.71. The molecule has 1 aliphatic carbocycles. The van der Waals surface area contributed by atoms with Crippen LogP contribution in [-0.4, -0.2) is 33.4 Å². The molecule has 0 heterocycles. The second kappa shape index (κ2) is 5.02. The highest BCUT2D eigenvalue weighted by Crippen LogP contribution is 2.30. The van der Waals surface area contributed by atoms with Crippen LogP contribution in [0.5, 0.6) is 0 Å². The maximum Gasteiger partial charge on any atom is 0.214 e. The molecular weight excluding hydrogens is 226 g/mol. The molecule has 1 aliphatic rings. The van der Waals surface area contributed by atoms with Gasteiger partial charge in [-0.2, -0.15) is 0 Å². The third-order valence-corrected chi connectivity index (χ3v) is 4.89. The smallest absolute Gasteiger partial charge is 0.214 e. The number of ether oxygens (including phenoxy) is 1. The fraction of sp³-hybridized carbons (Fsp3) is 1.00. The molecule has 1 rings (SSSR count). The van der Waals surface area contributed by atoms with Crippen molar-refractivity contribution in [2.24, 2.45) is 5.41 Å². The predicted molar refractivity (Wildman–Crippen MR) is 64.8 cm³/mol. The zero-order valence-corrected chi connectivity index (χ0v) is 11.4. The molecule has 16 heavy (non-hydrogen) atoms. The maximum absolute atomic E-state index is 11.9. The van der Waals surface area contributed by atoms with Crippen LogP contribution in [0.4, 0.5) is 0 Å². The van der Waals surface area contributed by atoms with Gasteiger partial charge in [-0.05, 0) is 24.7 Å². The van der Waals surface area contributed by atoms with E-state index in [1.807, 2.05) is 20.8 Å². The van der Waals surface area contributed by atoms with Crippen LogP contribution < -0.4 is 4.72 Å². The molecule has 1 saturated carbocycles. The van der Waals surface area contributed by atoms with Crippen LogP contribution in [0.2, 0.25) is 0 Å². The van der Waals surface area contributed by atoms with Gasteiger partial charge in [-0.1, -0.05) is 20.8 Å². The van der Waals surface area contributed by atoms with Gasteiger partial charge in [0, 0.05) is 19.8 Å². The molecule has 0 aliphatic heterocycles. The van der Waals surface area contributed by atoms with Crippen molar-refractivity contribution >= 4 is 10.0 Å². The highest BCUT2D eigenvalue weighted by Gasteiger charge is 2.39. The van der Waals surface area contributed by atoms with Crippen LogP contribution in [0.25, 0.3) is 0 Å². The average Bonchev–Trinajstić information content (AvgIpc) is 2.92. The van der Waals surface area contributed by atoms with Gasteiger partial charge in [0.05, 0.1) is 5.25 Å². The lowest BCUT2D eigenvalue weighted by atomic mass is 9.86. The van der Waals surface area contributed by atoms with Crippen LogP contribution in [0.1, 0.15) is 40.0 Å². The molecule has 0 unspecified atom stereocenters. The van der Waals surface area contributed by atoms with E-state index < -0.39 is 10.0 Å². The van der Waals surface area contributed by atoms with Gasteiger partial charge in [0.25, 0.3) is 0 Å². The van der Waals surface area contributed by atoms with Crippen LogP contribution >= 0.6 is 0 Å². The van der Waals surface area contributed by atoms with E-state index in [9.17, 15) is 8.42 Å². The number of rotatable bonds is 6. The summed E-state index contributed by atoms with van der Waals surface area (Å²) in [6, 6.07) is -0.0574. The maximum atomic E-state index is 11.9. The first-order chi connectivity index (χ1) is 7.27. The Morgan fingerprint density at radius 1 is 1.38 bits per heavy atom. The first-order valence-electron chi connectivity index (χ1n) is 5.77. The Morgan fingerprint density at radius 3 is 2.31 bits per heavy atom. The summed E-state index contributed by atoms with van der Waals surface area (Å²) in [5.41, 5.74) is -0.0828. The summed E-state index contributed by atoms with van der Waals surface area (Å²) in [7, 11) is -1.47. The van der Waals surface area contributed by atoms with Crippen molar-refractivity contribution in [1.82, 2.24) is 4.72 Å².